The molecule has 1 N–H and O–H groups in total. The van der Waals surface area contributed by atoms with Crippen molar-refractivity contribution in [1.82, 2.24) is 4.98 Å². The summed E-state index contributed by atoms with van der Waals surface area (Å²) in [6.07, 6.45) is 2.36. The Kier molecular flexibility index (Phi) is 5.85. The molecule has 1 aliphatic heterocycles. The number of halogens is 1. The Labute approximate surface area is 200 Å². The summed E-state index contributed by atoms with van der Waals surface area (Å²) in [7, 11) is 1.47. The molecular formula is C27H20FN3O4. The van der Waals surface area contributed by atoms with Crippen LogP contribution in [-0.4, -0.2) is 24.0 Å². The number of rotatable bonds is 5. The number of benzene rings is 3. The maximum atomic E-state index is 13.6. The Morgan fingerprint density at radius 1 is 1.00 bits per heavy atom. The molecule has 1 aliphatic rings. The van der Waals surface area contributed by atoms with Crippen molar-refractivity contribution in [3.63, 3.8) is 0 Å². The van der Waals surface area contributed by atoms with Crippen molar-refractivity contribution >= 4 is 23.3 Å². The zero-order chi connectivity index (χ0) is 24.4. The highest BCUT2D eigenvalue weighted by Crippen LogP contribution is 2.39. The molecule has 0 aliphatic carbocycles. The molecule has 0 radical (unpaired) electrons. The van der Waals surface area contributed by atoms with Crippen LogP contribution in [0.2, 0.25) is 0 Å². The number of ether oxygens (including phenoxy) is 2. The molecule has 35 heavy (non-hydrogen) atoms. The van der Waals surface area contributed by atoms with Gasteiger partial charge in [-0.2, -0.15) is 0 Å². The summed E-state index contributed by atoms with van der Waals surface area (Å²) < 4.78 is 24.6. The van der Waals surface area contributed by atoms with Crippen LogP contribution in [0.5, 0.6) is 11.5 Å². The third-order valence-electron chi connectivity index (χ3n) is 5.63. The SMILES string of the molecule is COc1cc(C2Nc3ccccc3C(=O)N2c2ccc(F)cc2)ccc1OC(=O)c1cccnc1. The number of aromatic nitrogens is 1. The monoisotopic (exact) mass is 469 g/mol. The lowest BCUT2D eigenvalue weighted by Gasteiger charge is -2.38. The summed E-state index contributed by atoms with van der Waals surface area (Å²) in [6.45, 7) is 0. The molecule has 0 spiro atoms. The summed E-state index contributed by atoms with van der Waals surface area (Å²) in [6, 6.07) is 21.2. The molecular weight excluding hydrogens is 449 g/mol. The molecule has 5 rings (SSSR count). The third kappa shape index (κ3) is 4.29. The molecule has 1 aromatic heterocycles. The minimum absolute atomic E-state index is 0.223. The molecule has 2 heterocycles. The first-order valence-corrected chi connectivity index (χ1v) is 10.8. The Morgan fingerprint density at radius 3 is 2.54 bits per heavy atom. The summed E-state index contributed by atoms with van der Waals surface area (Å²) in [5, 5.41) is 3.38. The highest BCUT2D eigenvalue weighted by Gasteiger charge is 2.34. The maximum Gasteiger partial charge on any atom is 0.345 e. The minimum Gasteiger partial charge on any atom is -0.493 e. The van der Waals surface area contributed by atoms with Crippen molar-refractivity contribution in [2.45, 2.75) is 6.17 Å². The third-order valence-corrected chi connectivity index (χ3v) is 5.63. The van der Waals surface area contributed by atoms with E-state index in [4.69, 9.17) is 9.47 Å². The van der Waals surface area contributed by atoms with Crippen molar-refractivity contribution in [1.29, 1.82) is 0 Å². The zero-order valence-corrected chi connectivity index (χ0v) is 18.6. The van der Waals surface area contributed by atoms with Crippen molar-refractivity contribution in [2.75, 3.05) is 17.3 Å². The molecule has 0 saturated heterocycles. The Morgan fingerprint density at radius 2 is 1.80 bits per heavy atom. The second-order valence-corrected chi connectivity index (χ2v) is 7.79. The second-order valence-electron chi connectivity index (χ2n) is 7.79. The van der Waals surface area contributed by atoms with Gasteiger partial charge < -0.3 is 14.8 Å². The van der Waals surface area contributed by atoms with Gasteiger partial charge in [-0.15, -0.1) is 0 Å². The number of hydrogen-bond acceptors (Lipinski definition) is 6. The number of para-hydroxylation sites is 1. The molecule has 0 fully saturated rings. The van der Waals surface area contributed by atoms with Crippen LogP contribution in [0.15, 0.2) is 91.3 Å². The molecule has 1 unspecified atom stereocenters. The van der Waals surface area contributed by atoms with Crippen LogP contribution in [0.3, 0.4) is 0 Å². The first-order chi connectivity index (χ1) is 17.0. The van der Waals surface area contributed by atoms with Gasteiger partial charge in [-0.25, -0.2) is 9.18 Å². The van der Waals surface area contributed by atoms with Crippen LogP contribution >= 0.6 is 0 Å². The number of methoxy groups -OCH3 is 1. The van der Waals surface area contributed by atoms with Crippen LogP contribution in [0, 0.1) is 5.82 Å². The van der Waals surface area contributed by atoms with Gasteiger partial charge in [0.2, 0.25) is 0 Å². The van der Waals surface area contributed by atoms with Gasteiger partial charge in [0.05, 0.1) is 18.2 Å². The largest absolute Gasteiger partial charge is 0.493 e. The number of carbonyl (C=O) groups excluding carboxylic acids is 2. The molecule has 0 saturated carbocycles. The standard InChI is InChI=1S/C27H20FN3O4/c1-34-24-15-17(8-13-23(24)35-27(33)18-5-4-14-29-16-18)25-30-22-7-3-2-6-21(22)26(32)31(25)20-11-9-19(28)10-12-20/h2-16,25,30H,1H3. The van der Waals surface area contributed by atoms with E-state index in [1.807, 2.05) is 12.1 Å². The first kappa shape index (κ1) is 22.1. The lowest BCUT2D eigenvalue weighted by Crippen LogP contribution is -2.43. The van der Waals surface area contributed by atoms with E-state index in [1.54, 1.807) is 65.7 Å². The quantitative estimate of drug-likeness (QED) is 0.319. The molecule has 3 aromatic carbocycles. The Balaban J connectivity index is 1.53. The Hall–Kier alpha value is -4.72. The van der Waals surface area contributed by atoms with E-state index in [1.165, 1.54) is 25.4 Å². The number of hydrogen-bond donors (Lipinski definition) is 1. The van der Waals surface area contributed by atoms with Gasteiger partial charge in [-0.1, -0.05) is 18.2 Å². The van der Waals surface area contributed by atoms with E-state index in [9.17, 15) is 14.0 Å². The highest BCUT2D eigenvalue weighted by molar-refractivity contribution is 6.12. The zero-order valence-electron chi connectivity index (χ0n) is 18.6. The van der Waals surface area contributed by atoms with E-state index in [2.05, 4.69) is 10.3 Å². The van der Waals surface area contributed by atoms with E-state index < -0.39 is 18.0 Å². The Bertz CT molecular complexity index is 1390. The van der Waals surface area contributed by atoms with Crippen molar-refractivity contribution in [2.24, 2.45) is 0 Å². The number of nitrogens with zero attached hydrogens (tertiary/aromatic N) is 2. The normalized spacial score (nSPS) is 14.6. The number of fused-ring (bicyclic) bond motifs is 1. The van der Waals surface area contributed by atoms with Crippen molar-refractivity contribution in [3.05, 3.63) is 114 Å². The van der Waals surface area contributed by atoms with Gasteiger partial charge in [0.15, 0.2) is 11.5 Å². The van der Waals surface area contributed by atoms with E-state index in [-0.39, 0.29) is 11.7 Å². The number of pyridine rings is 1. The highest BCUT2D eigenvalue weighted by atomic mass is 19.1. The number of anilines is 2. The molecule has 7 nitrogen and oxygen atoms in total. The lowest BCUT2D eigenvalue weighted by molar-refractivity contribution is 0.0729. The van der Waals surface area contributed by atoms with Crippen LogP contribution in [0.4, 0.5) is 15.8 Å². The molecule has 8 heteroatoms. The van der Waals surface area contributed by atoms with Crippen molar-refractivity contribution < 1.29 is 23.5 Å². The maximum absolute atomic E-state index is 13.6. The molecule has 0 bridgehead atoms. The lowest BCUT2D eigenvalue weighted by atomic mass is 10.0. The average Bonchev–Trinajstić information content (AvgIpc) is 2.90. The summed E-state index contributed by atoms with van der Waals surface area (Å²) >= 11 is 0. The topological polar surface area (TPSA) is 80.8 Å². The summed E-state index contributed by atoms with van der Waals surface area (Å²) in [5.74, 6) is -0.670. The predicted octanol–water partition coefficient (Wildman–Crippen LogP) is 5.22. The van der Waals surface area contributed by atoms with Gasteiger partial charge in [-0.3, -0.25) is 14.7 Å². The van der Waals surface area contributed by atoms with Gasteiger partial charge >= 0.3 is 5.97 Å². The molecule has 1 amide bonds. The fraction of sp³-hybridized carbons (Fsp3) is 0.0741. The first-order valence-electron chi connectivity index (χ1n) is 10.8. The number of amides is 1. The van der Waals surface area contributed by atoms with Gasteiger partial charge in [-0.05, 0) is 66.2 Å². The number of esters is 1. The van der Waals surface area contributed by atoms with Gasteiger partial charge in [0.25, 0.3) is 5.91 Å². The molecule has 1 atom stereocenters. The van der Waals surface area contributed by atoms with Crippen molar-refractivity contribution in [3.8, 4) is 11.5 Å². The summed E-state index contributed by atoms with van der Waals surface area (Å²) in [5.41, 5.74) is 2.68. The van der Waals surface area contributed by atoms with Gasteiger partial charge in [0, 0.05) is 23.8 Å². The summed E-state index contributed by atoms with van der Waals surface area (Å²) in [4.78, 5) is 31.5. The molecule has 4 aromatic rings. The number of carbonyl (C=O) groups is 2. The van der Waals surface area contributed by atoms with E-state index in [0.717, 1.165) is 0 Å². The smallest absolute Gasteiger partial charge is 0.345 e. The van der Waals surface area contributed by atoms with Crippen LogP contribution < -0.4 is 19.7 Å². The number of nitrogens with one attached hydrogen (secondary N) is 1. The van der Waals surface area contributed by atoms with E-state index >= 15 is 0 Å². The second kappa shape index (κ2) is 9.26. The minimum atomic E-state index is -0.625. The fourth-order valence-corrected chi connectivity index (χ4v) is 3.94. The van der Waals surface area contributed by atoms with Crippen LogP contribution in [0.1, 0.15) is 32.4 Å². The van der Waals surface area contributed by atoms with E-state index in [0.29, 0.717) is 33.8 Å². The van der Waals surface area contributed by atoms with Crippen LogP contribution in [-0.2, 0) is 0 Å². The van der Waals surface area contributed by atoms with Gasteiger partial charge in [0.1, 0.15) is 12.0 Å². The average molecular weight is 469 g/mol. The molecule has 174 valence electrons. The fourth-order valence-electron chi connectivity index (χ4n) is 3.94. The van der Waals surface area contributed by atoms with Crippen LogP contribution in [0.25, 0.3) is 0 Å². The predicted molar refractivity (Wildman–Crippen MR) is 128 cm³/mol.